The highest BCUT2D eigenvalue weighted by atomic mass is 16.5. The summed E-state index contributed by atoms with van der Waals surface area (Å²) in [7, 11) is 2.88. The molecule has 0 bridgehead atoms. The maximum atomic E-state index is 12.3. The van der Waals surface area contributed by atoms with Crippen LogP contribution in [0, 0.1) is 0 Å². The van der Waals surface area contributed by atoms with Crippen LogP contribution in [0.3, 0.4) is 0 Å². The van der Waals surface area contributed by atoms with E-state index in [4.69, 9.17) is 4.74 Å². The molecule has 1 aromatic rings. The first-order valence-electron chi connectivity index (χ1n) is 6.76. The van der Waals surface area contributed by atoms with Crippen LogP contribution in [0.15, 0.2) is 24.3 Å². The number of para-hydroxylation sites is 1. The SMILES string of the molecule is COC(=O)c1ccccc1N(C)C(=O)CN1CCCC1=O. The van der Waals surface area contributed by atoms with Gasteiger partial charge in [0.1, 0.15) is 6.54 Å². The van der Waals surface area contributed by atoms with E-state index in [2.05, 4.69) is 0 Å². The van der Waals surface area contributed by atoms with Crippen LogP contribution >= 0.6 is 0 Å². The first-order valence-corrected chi connectivity index (χ1v) is 6.76. The van der Waals surface area contributed by atoms with E-state index in [0.717, 1.165) is 6.42 Å². The summed E-state index contributed by atoms with van der Waals surface area (Å²) in [6.07, 6.45) is 1.28. The van der Waals surface area contributed by atoms with E-state index in [-0.39, 0.29) is 18.4 Å². The molecule has 1 aromatic carbocycles. The molecule has 0 unspecified atom stereocenters. The summed E-state index contributed by atoms with van der Waals surface area (Å²) in [5, 5.41) is 0. The first-order chi connectivity index (χ1) is 10.0. The van der Waals surface area contributed by atoms with Gasteiger partial charge < -0.3 is 14.5 Å². The van der Waals surface area contributed by atoms with E-state index in [9.17, 15) is 14.4 Å². The average molecular weight is 290 g/mol. The van der Waals surface area contributed by atoms with Crippen molar-refractivity contribution < 1.29 is 19.1 Å². The number of likely N-dealkylation sites (N-methyl/N-ethyl adjacent to an activating group) is 1. The van der Waals surface area contributed by atoms with Gasteiger partial charge in [-0.25, -0.2) is 4.79 Å². The number of hydrogen-bond donors (Lipinski definition) is 0. The number of rotatable bonds is 4. The molecule has 112 valence electrons. The molecule has 0 aliphatic carbocycles. The number of amides is 2. The molecule has 0 aromatic heterocycles. The number of carbonyl (C=O) groups is 3. The van der Waals surface area contributed by atoms with Crippen LogP contribution in [-0.2, 0) is 14.3 Å². The van der Waals surface area contributed by atoms with Gasteiger partial charge in [0.2, 0.25) is 11.8 Å². The van der Waals surface area contributed by atoms with Crippen LogP contribution in [0.2, 0.25) is 0 Å². The second-order valence-electron chi connectivity index (χ2n) is 4.88. The van der Waals surface area contributed by atoms with Gasteiger partial charge in [-0.05, 0) is 18.6 Å². The third kappa shape index (κ3) is 3.21. The molecule has 2 rings (SSSR count). The van der Waals surface area contributed by atoms with Crippen LogP contribution in [-0.4, -0.2) is 49.9 Å². The average Bonchev–Trinajstić information content (AvgIpc) is 2.90. The molecule has 6 heteroatoms. The molecule has 1 aliphatic heterocycles. The molecule has 21 heavy (non-hydrogen) atoms. The van der Waals surface area contributed by atoms with Gasteiger partial charge in [-0.1, -0.05) is 12.1 Å². The summed E-state index contributed by atoms with van der Waals surface area (Å²) < 4.78 is 4.72. The fourth-order valence-corrected chi connectivity index (χ4v) is 2.32. The van der Waals surface area contributed by atoms with Crippen LogP contribution in [0.25, 0.3) is 0 Å². The van der Waals surface area contributed by atoms with Crippen molar-refractivity contribution in [2.24, 2.45) is 0 Å². The molecule has 1 saturated heterocycles. The number of esters is 1. The normalized spacial score (nSPS) is 14.2. The Kier molecular flexibility index (Phi) is 4.57. The number of benzene rings is 1. The Labute approximate surface area is 123 Å². The highest BCUT2D eigenvalue weighted by Gasteiger charge is 2.25. The lowest BCUT2D eigenvalue weighted by molar-refractivity contribution is -0.132. The van der Waals surface area contributed by atoms with Gasteiger partial charge >= 0.3 is 5.97 Å². The lowest BCUT2D eigenvalue weighted by atomic mass is 10.1. The van der Waals surface area contributed by atoms with E-state index < -0.39 is 5.97 Å². The molecule has 2 amide bonds. The largest absolute Gasteiger partial charge is 0.465 e. The van der Waals surface area contributed by atoms with Crippen molar-refractivity contribution in [3.05, 3.63) is 29.8 Å². The Balaban J connectivity index is 2.15. The molecule has 1 heterocycles. The third-order valence-corrected chi connectivity index (χ3v) is 3.54. The van der Waals surface area contributed by atoms with Gasteiger partial charge in [0.15, 0.2) is 0 Å². The fourth-order valence-electron chi connectivity index (χ4n) is 2.32. The fraction of sp³-hybridized carbons (Fsp3) is 0.400. The summed E-state index contributed by atoms with van der Waals surface area (Å²) in [6, 6.07) is 6.73. The number of carbonyl (C=O) groups excluding carboxylic acids is 3. The topological polar surface area (TPSA) is 66.9 Å². The van der Waals surface area contributed by atoms with Gasteiger partial charge in [-0.2, -0.15) is 0 Å². The number of nitrogens with zero attached hydrogens (tertiary/aromatic N) is 2. The molecule has 0 radical (unpaired) electrons. The van der Waals surface area contributed by atoms with E-state index in [1.165, 1.54) is 12.0 Å². The van der Waals surface area contributed by atoms with Gasteiger partial charge in [-0.15, -0.1) is 0 Å². The predicted octanol–water partition coefficient (Wildman–Crippen LogP) is 1.06. The maximum Gasteiger partial charge on any atom is 0.339 e. The van der Waals surface area contributed by atoms with E-state index in [1.807, 2.05) is 0 Å². The van der Waals surface area contributed by atoms with Crippen molar-refractivity contribution in [1.82, 2.24) is 4.90 Å². The third-order valence-electron chi connectivity index (χ3n) is 3.54. The molecule has 1 fully saturated rings. The Hall–Kier alpha value is -2.37. The van der Waals surface area contributed by atoms with Crippen LogP contribution in [0.4, 0.5) is 5.69 Å². The van der Waals surface area contributed by atoms with Crippen molar-refractivity contribution in [1.29, 1.82) is 0 Å². The van der Waals surface area contributed by atoms with Crippen molar-refractivity contribution in [2.75, 3.05) is 32.1 Å². The summed E-state index contributed by atoms with van der Waals surface area (Å²) in [4.78, 5) is 38.5. The lowest BCUT2D eigenvalue weighted by Gasteiger charge is -2.23. The molecule has 0 atom stereocenters. The van der Waals surface area contributed by atoms with Gasteiger partial charge in [0, 0.05) is 20.0 Å². The van der Waals surface area contributed by atoms with Gasteiger partial charge in [-0.3, -0.25) is 9.59 Å². The Morgan fingerprint density at radius 1 is 1.33 bits per heavy atom. The van der Waals surface area contributed by atoms with Crippen molar-refractivity contribution in [3.8, 4) is 0 Å². The lowest BCUT2D eigenvalue weighted by Crippen LogP contribution is -2.39. The Bertz CT molecular complexity index is 571. The minimum absolute atomic E-state index is 0.00185. The molecular formula is C15H18N2O4. The predicted molar refractivity (Wildman–Crippen MR) is 77.0 cm³/mol. The quantitative estimate of drug-likeness (QED) is 0.778. The van der Waals surface area contributed by atoms with Crippen molar-refractivity contribution in [2.45, 2.75) is 12.8 Å². The number of likely N-dealkylation sites (tertiary alicyclic amines) is 1. The molecule has 1 aliphatic rings. The van der Waals surface area contributed by atoms with Crippen molar-refractivity contribution >= 4 is 23.5 Å². The van der Waals surface area contributed by atoms with Crippen molar-refractivity contribution in [3.63, 3.8) is 0 Å². The minimum Gasteiger partial charge on any atom is -0.465 e. The Morgan fingerprint density at radius 2 is 2.05 bits per heavy atom. The van der Waals surface area contributed by atoms with Gasteiger partial charge in [0.25, 0.3) is 0 Å². The summed E-state index contributed by atoms with van der Waals surface area (Å²) in [5.41, 5.74) is 0.796. The van der Waals surface area contributed by atoms with Crippen LogP contribution in [0.5, 0.6) is 0 Å². The smallest absolute Gasteiger partial charge is 0.339 e. The van der Waals surface area contributed by atoms with E-state index in [0.29, 0.717) is 24.2 Å². The summed E-state index contributed by atoms with van der Waals surface area (Å²) >= 11 is 0. The van der Waals surface area contributed by atoms with Crippen LogP contribution < -0.4 is 4.90 Å². The summed E-state index contributed by atoms with van der Waals surface area (Å²) in [6.45, 7) is 0.641. The number of hydrogen-bond acceptors (Lipinski definition) is 4. The second kappa shape index (κ2) is 6.39. The zero-order valence-electron chi connectivity index (χ0n) is 12.2. The highest BCUT2D eigenvalue weighted by molar-refractivity contribution is 6.03. The molecule has 6 nitrogen and oxygen atoms in total. The number of methoxy groups -OCH3 is 1. The standard InChI is InChI=1S/C15H18N2O4/c1-16(14(19)10-17-9-5-8-13(17)18)12-7-4-3-6-11(12)15(20)21-2/h3-4,6-7H,5,8-10H2,1-2H3. The molecular weight excluding hydrogens is 272 g/mol. The van der Waals surface area contributed by atoms with Gasteiger partial charge in [0.05, 0.1) is 18.4 Å². The number of anilines is 1. The van der Waals surface area contributed by atoms with E-state index in [1.54, 1.807) is 36.2 Å². The zero-order chi connectivity index (χ0) is 15.4. The molecule has 0 N–H and O–H groups in total. The minimum atomic E-state index is -0.498. The summed E-state index contributed by atoms with van der Waals surface area (Å²) in [5.74, 6) is -0.734. The monoisotopic (exact) mass is 290 g/mol. The second-order valence-corrected chi connectivity index (χ2v) is 4.88. The molecule has 0 saturated carbocycles. The maximum absolute atomic E-state index is 12.3. The zero-order valence-corrected chi connectivity index (χ0v) is 12.2. The number of ether oxygens (including phenoxy) is 1. The highest BCUT2D eigenvalue weighted by Crippen LogP contribution is 2.21. The first kappa shape index (κ1) is 15.0. The van der Waals surface area contributed by atoms with Crippen LogP contribution in [0.1, 0.15) is 23.2 Å². The molecule has 0 spiro atoms. The Morgan fingerprint density at radius 3 is 2.67 bits per heavy atom. The van der Waals surface area contributed by atoms with E-state index >= 15 is 0 Å².